The SMILES string of the molecule is COc1cc(C2C3=C(CCCC3=O)N(CCO)C3=CC4=C(CCC4)CC32)cc(OC)c1OC. The Labute approximate surface area is 195 Å². The topological polar surface area (TPSA) is 68.2 Å². The van der Waals surface area contributed by atoms with Crippen molar-refractivity contribution in [2.45, 2.75) is 50.9 Å². The minimum absolute atomic E-state index is 0.0653. The Kier molecular flexibility index (Phi) is 5.95. The molecular weight excluding hydrogens is 418 g/mol. The Balaban J connectivity index is 1.73. The molecule has 1 aromatic carbocycles. The number of fused-ring (bicyclic) bond motifs is 1. The van der Waals surface area contributed by atoms with E-state index in [4.69, 9.17) is 14.2 Å². The van der Waals surface area contributed by atoms with Crippen LogP contribution in [-0.4, -0.2) is 50.3 Å². The van der Waals surface area contributed by atoms with Crippen molar-refractivity contribution in [2.75, 3.05) is 34.5 Å². The first-order valence-corrected chi connectivity index (χ1v) is 12.0. The molecule has 0 bridgehead atoms. The van der Waals surface area contributed by atoms with Gasteiger partial charge in [0.1, 0.15) is 0 Å². The number of rotatable bonds is 6. The standard InChI is InChI=1S/C27H33NO5/c1-31-23-14-18(15-24(32-2)27(23)33-3)25-19-12-16-6-4-7-17(16)13-21(19)28(10-11-29)20-8-5-9-22(30)26(20)25/h13-15,19,25,29H,4-12H2,1-3H3. The molecule has 2 unspecified atom stereocenters. The number of nitrogens with zero attached hydrogens (tertiary/aromatic N) is 1. The number of methoxy groups -OCH3 is 3. The van der Waals surface area contributed by atoms with E-state index in [0.29, 0.717) is 30.2 Å². The van der Waals surface area contributed by atoms with Gasteiger partial charge in [0.2, 0.25) is 5.75 Å². The van der Waals surface area contributed by atoms with Gasteiger partial charge >= 0.3 is 0 Å². The molecule has 1 N–H and O–H groups in total. The van der Waals surface area contributed by atoms with Gasteiger partial charge in [0.25, 0.3) is 0 Å². The molecule has 1 aliphatic heterocycles. The molecule has 176 valence electrons. The number of hydrogen-bond donors (Lipinski definition) is 1. The molecule has 0 radical (unpaired) electrons. The summed E-state index contributed by atoms with van der Waals surface area (Å²) < 4.78 is 16.9. The fourth-order valence-electron chi connectivity index (χ4n) is 6.34. The highest BCUT2D eigenvalue weighted by Crippen LogP contribution is 2.55. The summed E-state index contributed by atoms with van der Waals surface area (Å²) in [6, 6.07) is 4.02. The van der Waals surface area contributed by atoms with Crippen LogP contribution in [0.2, 0.25) is 0 Å². The Bertz CT molecular complexity index is 1040. The molecule has 6 nitrogen and oxygen atoms in total. The third-order valence-electron chi connectivity index (χ3n) is 7.70. The van der Waals surface area contributed by atoms with Crippen molar-refractivity contribution >= 4 is 5.78 Å². The van der Waals surface area contributed by atoms with Crippen LogP contribution >= 0.6 is 0 Å². The van der Waals surface area contributed by atoms with E-state index in [0.717, 1.165) is 48.9 Å². The molecule has 1 heterocycles. The van der Waals surface area contributed by atoms with Crippen LogP contribution in [0.4, 0.5) is 0 Å². The van der Waals surface area contributed by atoms with Crippen LogP contribution in [0, 0.1) is 5.92 Å². The van der Waals surface area contributed by atoms with Crippen molar-refractivity contribution in [1.29, 1.82) is 0 Å². The summed E-state index contributed by atoms with van der Waals surface area (Å²) in [6.45, 7) is 0.592. The molecule has 4 aliphatic rings. The van der Waals surface area contributed by atoms with E-state index < -0.39 is 0 Å². The Morgan fingerprint density at radius 2 is 1.73 bits per heavy atom. The lowest BCUT2D eigenvalue weighted by Gasteiger charge is -2.47. The van der Waals surface area contributed by atoms with Crippen LogP contribution in [0.3, 0.4) is 0 Å². The zero-order valence-corrected chi connectivity index (χ0v) is 19.8. The quantitative estimate of drug-likeness (QED) is 0.687. The average Bonchev–Trinajstić information content (AvgIpc) is 3.30. The summed E-state index contributed by atoms with van der Waals surface area (Å²) in [4.78, 5) is 15.7. The Morgan fingerprint density at radius 1 is 1.00 bits per heavy atom. The normalized spacial score (nSPS) is 24.3. The van der Waals surface area contributed by atoms with Gasteiger partial charge in [-0.15, -0.1) is 0 Å². The van der Waals surface area contributed by atoms with Crippen LogP contribution in [0.1, 0.15) is 56.4 Å². The van der Waals surface area contributed by atoms with Crippen molar-refractivity contribution in [3.63, 3.8) is 0 Å². The van der Waals surface area contributed by atoms with Gasteiger partial charge in [-0.3, -0.25) is 4.79 Å². The molecule has 0 saturated carbocycles. The lowest BCUT2D eigenvalue weighted by atomic mass is 9.67. The van der Waals surface area contributed by atoms with E-state index in [1.807, 2.05) is 12.1 Å². The van der Waals surface area contributed by atoms with Gasteiger partial charge in [-0.05, 0) is 67.9 Å². The van der Waals surface area contributed by atoms with E-state index in [1.165, 1.54) is 23.3 Å². The molecule has 1 aromatic rings. The van der Waals surface area contributed by atoms with Crippen LogP contribution in [0.15, 0.2) is 46.3 Å². The van der Waals surface area contributed by atoms with Crippen molar-refractivity contribution in [1.82, 2.24) is 4.90 Å². The molecule has 0 fully saturated rings. The first-order valence-electron chi connectivity index (χ1n) is 12.0. The van der Waals surface area contributed by atoms with Gasteiger partial charge < -0.3 is 24.2 Å². The molecule has 3 aliphatic carbocycles. The largest absolute Gasteiger partial charge is 0.493 e. The average molecular weight is 452 g/mol. The zero-order chi connectivity index (χ0) is 23.1. The number of β-amino-alcohol motifs (C(OH)–C–C–N with tert-alkyl or cyclic N) is 1. The first kappa shape index (κ1) is 22.1. The number of ether oxygens (including phenoxy) is 3. The first-order chi connectivity index (χ1) is 16.1. The number of hydrogen-bond acceptors (Lipinski definition) is 6. The number of carbonyl (C=O) groups excluding carboxylic acids is 1. The number of allylic oxidation sites excluding steroid dienone is 6. The molecule has 0 aromatic heterocycles. The van der Waals surface area contributed by atoms with Gasteiger partial charge in [0, 0.05) is 41.8 Å². The number of benzene rings is 1. The van der Waals surface area contributed by atoms with Crippen LogP contribution in [0.25, 0.3) is 0 Å². The fraction of sp³-hybridized carbons (Fsp3) is 0.519. The molecular formula is C27H33NO5. The van der Waals surface area contributed by atoms with Crippen molar-refractivity contribution in [3.8, 4) is 17.2 Å². The minimum Gasteiger partial charge on any atom is -0.493 e. The monoisotopic (exact) mass is 451 g/mol. The maximum atomic E-state index is 13.4. The highest BCUT2D eigenvalue weighted by Gasteiger charge is 2.45. The highest BCUT2D eigenvalue weighted by atomic mass is 16.5. The van der Waals surface area contributed by atoms with Gasteiger partial charge in [-0.1, -0.05) is 5.57 Å². The minimum atomic E-state index is -0.0719. The zero-order valence-electron chi connectivity index (χ0n) is 19.8. The van der Waals surface area contributed by atoms with Gasteiger partial charge in [-0.25, -0.2) is 0 Å². The van der Waals surface area contributed by atoms with Gasteiger partial charge in [-0.2, -0.15) is 0 Å². The van der Waals surface area contributed by atoms with E-state index in [1.54, 1.807) is 21.3 Å². The predicted molar refractivity (Wildman–Crippen MR) is 126 cm³/mol. The van der Waals surface area contributed by atoms with Crippen molar-refractivity contribution in [3.05, 3.63) is 51.9 Å². The van der Waals surface area contributed by atoms with Crippen LogP contribution < -0.4 is 14.2 Å². The number of Topliss-reactive ketones (excluding diaryl/α,β-unsaturated/α-hetero) is 1. The van der Waals surface area contributed by atoms with Crippen molar-refractivity contribution in [2.24, 2.45) is 5.92 Å². The summed E-state index contributed by atoms with van der Waals surface area (Å²) in [5, 5.41) is 9.89. The summed E-state index contributed by atoms with van der Waals surface area (Å²) >= 11 is 0. The fourth-order valence-corrected chi connectivity index (χ4v) is 6.34. The van der Waals surface area contributed by atoms with E-state index in [2.05, 4.69) is 11.0 Å². The number of aliphatic hydroxyl groups excluding tert-OH is 1. The molecule has 5 rings (SSSR count). The predicted octanol–water partition coefficient (Wildman–Crippen LogP) is 4.50. The van der Waals surface area contributed by atoms with Crippen molar-refractivity contribution < 1.29 is 24.1 Å². The third kappa shape index (κ3) is 3.55. The molecule has 2 atom stereocenters. The smallest absolute Gasteiger partial charge is 0.203 e. The summed E-state index contributed by atoms with van der Waals surface area (Å²) in [5.41, 5.74) is 7.25. The summed E-state index contributed by atoms with van der Waals surface area (Å²) in [5.74, 6) is 2.08. The number of carbonyl (C=O) groups is 1. The van der Waals surface area contributed by atoms with Gasteiger partial charge in [0.15, 0.2) is 17.3 Å². The highest BCUT2D eigenvalue weighted by molar-refractivity contribution is 5.99. The third-order valence-corrected chi connectivity index (χ3v) is 7.70. The summed E-state index contributed by atoms with van der Waals surface area (Å²) in [7, 11) is 4.86. The van der Waals surface area contributed by atoms with E-state index in [-0.39, 0.29) is 24.2 Å². The summed E-state index contributed by atoms with van der Waals surface area (Å²) in [6.07, 6.45) is 9.06. The Morgan fingerprint density at radius 3 is 2.39 bits per heavy atom. The second-order valence-electron chi connectivity index (χ2n) is 9.31. The molecule has 33 heavy (non-hydrogen) atoms. The Hall–Kier alpha value is -2.73. The van der Waals surface area contributed by atoms with Crippen LogP contribution in [-0.2, 0) is 4.79 Å². The second kappa shape index (κ2) is 8.90. The number of aliphatic hydroxyl groups is 1. The van der Waals surface area contributed by atoms with E-state index in [9.17, 15) is 9.90 Å². The lowest BCUT2D eigenvalue weighted by Crippen LogP contribution is -2.42. The molecule has 6 heteroatoms. The molecule has 0 saturated heterocycles. The van der Waals surface area contributed by atoms with Crippen LogP contribution in [0.5, 0.6) is 17.2 Å². The maximum absolute atomic E-state index is 13.4. The lowest BCUT2D eigenvalue weighted by molar-refractivity contribution is -0.116. The number of ketones is 1. The van der Waals surface area contributed by atoms with Gasteiger partial charge in [0.05, 0.1) is 27.9 Å². The molecule has 0 spiro atoms. The van der Waals surface area contributed by atoms with E-state index >= 15 is 0 Å². The maximum Gasteiger partial charge on any atom is 0.203 e. The molecule has 0 amide bonds. The second-order valence-corrected chi connectivity index (χ2v) is 9.31.